The number of nitrogens with one attached hydrogen (secondary N) is 1. The van der Waals surface area contributed by atoms with Gasteiger partial charge in [0.25, 0.3) is 0 Å². The molecule has 2 heterocycles. The van der Waals surface area contributed by atoms with Gasteiger partial charge in [0.2, 0.25) is 0 Å². The van der Waals surface area contributed by atoms with Gasteiger partial charge in [0.15, 0.2) is 0 Å². The van der Waals surface area contributed by atoms with E-state index in [0.29, 0.717) is 5.92 Å². The van der Waals surface area contributed by atoms with Crippen LogP contribution in [0.1, 0.15) is 13.3 Å². The second kappa shape index (κ2) is 5.16. The summed E-state index contributed by atoms with van der Waals surface area (Å²) in [6, 6.07) is 2.12. The molecule has 1 aliphatic rings. The van der Waals surface area contributed by atoms with Gasteiger partial charge in [-0.25, -0.2) is 0 Å². The van der Waals surface area contributed by atoms with Gasteiger partial charge in [-0.1, -0.05) is 0 Å². The lowest BCUT2D eigenvalue weighted by Gasteiger charge is -2.18. The number of anilines is 2. The zero-order valence-electron chi connectivity index (χ0n) is 9.69. The number of hydrogen-bond acceptors (Lipinski definition) is 4. The van der Waals surface area contributed by atoms with Crippen molar-refractivity contribution in [2.24, 2.45) is 5.92 Å². The Morgan fingerprint density at radius 2 is 2.44 bits per heavy atom. The van der Waals surface area contributed by atoms with E-state index in [1.165, 1.54) is 0 Å². The van der Waals surface area contributed by atoms with Crippen molar-refractivity contribution in [3.63, 3.8) is 0 Å². The van der Waals surface area contributed by atoms with E-state index < -0.39 is 0 Å². The zero-order chi connectivity index (χ0) is 11.4. The van der Waals surface area contributed by atoms with Gasteiger partial charge in [0.1, 0.15) is 0 Å². The number of rotatable bonds is 4. The lowest BCUT2D eigenvalue weighted by Crippen LogP contribution is -2.20. The molecule has 0 bridgehead atoms. The normalized spacial score (nSPS) is 20.1. The highest BCUT2D eigenvalue weighted by atomic mass is 16.3. The topological polar surface area (TPSA) is 48.4 Å². The van der Waals surface area contributed by atoms with Crippen LogP contribution in [0.5, 0.6) is 0 Å². The van der Waals surface area contributed by atoms with Crippen LogP contribution in [0.25, 0.3) is 0 Å². The minimum Gasteiger partial charge on any atom is -0.396 e. The molecule has 1 aromatic heterocycles. The standard InChI is InChI=1S/C12H19N3O/c1-2-14-11-5-12(7-13-6-11)15-4-3-10(8-15)9-16/h5-7,10,14,16H,2-4,8-9H2,1H3. The Kier molecular flexibility index (Phi) is 3.62. The highest BCUT2D eigenvalue weighted by Gasteiger charge is 2.22. The van der Waals surface area contributed by atoms with E-state index in [4.69, 9.17) is 5.11 Å². The molecule has 0 aliphatic carbocycles. The van der Waals surface area contributed by atoms with Crippen LogP contribution in [0.4, 0.5) is 11.4 Å². The molecule has 1 aliphatic heterocycles. The van der Waals surface area contributed by atoms with Crippen molar-refractivity contribution in [2.45, 2.75) is 13.3 Å². The number of aliphatic hydroxyl groups is 1. The van der Waals surface area contributed by atoms with E-state index in [2.05, 4.69) is 28.2 Å². The molecule has 4 nitrogen and oxygen atoms in total. The second-order valence-electron chi connectivity index (χ2n) is 4.25. The summed E-state index contributed by atoms with van der Waals surface area (Å²) in [7, 11) is 0. The van der Waals surface area contributed by atoms with Crippen molar-refractivity contribution in [1.82, 2.24) is 4.98 Å². The lowest BCUT2D eigenvalue weighted by atomic mass is 10.1. The minimum absolute atomic E-state index is 0.289. The number of pyridine rings is 1. The van der Waals surface area contributed by atoms with Gasteiger partial charge < -0.3 is 15.3 Å². The maximum absolute atomic E-state index is 9.11. The molecule has 1 fully saturated rings. The Bertz CT molecular complexity index is 343. The Hall–Kier alpha value is -1.29. The fourth-order valence-corrected chi connectivity index (χ4v) is 2.12. The van der Waals surface area contributed by atoms with Crippen LogP contribution in [-0.4, -0.2) is 36.3 Å². The SMILES string of the molecule is CCNc1cncc(N2CCC(CO)C2)c1. The maximum atomic E-state index is 9.11. The fourth-order valence-electron chi connectivity index (χ4n) is 2.12. The lowest BCUT2D eigenvalue weighted by molar-refractivity contribution is 0.238. The monoisotopic (exact) mass is 221 g/mol. The molecule has 0 amide bonds. The van der Waals surface area contributed by atoms with Gasteiger partial charge in [-0.3, -0.25) is 4.98 Å². The van der Waals surface area contributed by atoms with Gasteiger partial charge in [-0.15, -0.1) is 0 Å². The average molecular weight is 221 g/mol. The van der Waals surface area contributed by atoms with Crippen LogP contribution in [0, 0.1) is 5.92 Å². The molecule has 0 spiro atoms. The van der Waals surface area contributed by atoms with Gasteiger partial charge in [-0.05, 0) is 19.4 Å². The molecule has 2 rings (SSSR count). The first kappa shape index (κ1) is 11.2. The first-order valence-corrected chi connectivity index (χ1v) is 5.88. The van der Waals surface area contributed by atoms with E-state index in [-0.39, 0.29) is 6.61 Å². The van der Waals surface area contributed by atoms with Crippen LogP contribution >= 0.6 is 0 Å². The summed E-state index contributed by atoms with van der Waals surface area (Å²) in [6.07, 6.45) is 4.80. The molecule has 1 saturated heterocycles. The summed E-state index contributed by atoms with van der Waals surface area (Å²) in [6.45, 7) is 5.22. The van der Waals surface area contributed by atoms with Crippen LogP contribution in [0.2, 0.25) is 0 Å². The summed E-state index contributed by atoms with van der Waals surface area (Å²) in [5.74, 6) is 0.419. The molecule has 16 heavy (non-hydrogen) atoms. The third-order valence-electron chi connectivity index (χ3n) is 3.01. The average Bonchev–Trinajstić information content (AvgIpc) is 2.78. The number of aromatic nitrogens is 1. The van der Waals surface area contributed by atoms with E-state index in [1.807, 2.05) is 12.4 Å². The summed E-state index contributed by atoms with van der Waals surface area (Å²) in [5.41, 5.74) is 2.21. The zero-order valence-corrected chi connectivity index (χ0v) is 9.69. The molecule has 4 heteroatoms. The van der Waals surface area contributed by atoms with Gasteiger partial charge in [0, 0.05) is 32.2 Å². The maximum Gasteiger partial charge on any atom is 0.0573 e. The van der Waals surface area contributed by atoms with E-state index in [9.17, 15) is 0 Å². The predicted molar refractivity (Wildman–Crippen MR) is 65.8 cm³/mol. The first-order valence-electron chi connectivity index (χ1n) is 5.88. The van der Waals surface area contributed by atoms with Crippen molar-refractivity contribution in [2.75, 3.05) is 36.5 Å². The number of nitrogens with zero attached hydrogens (tertiary/aromatic N) is 2. The molecule has 1 aromatic rings. The van der Waals surface area contributed by atoms with Crippen molar-refractivity contribution in [3.05, 3.63) is 18.5 Å². The highest BCUT2D eigenvalue weighted by Crippen LogP contribution is 2.24. The molecule has 2 N–H and O–H groups in total. The van der Waals surface area contributed by atoms with Crippen molar-refractivity contribution >= 4 is 11.4 Å². The Morgan fingerprint density at radius 1 is 1.56 bits per heavy atom. The smallest absolute Gasteiger partial charge is 0.0573 e. The van der Waals surface area contributed by atoms with Gasteiger partial charge in [0.05, 0.1) is 23.8 Å². The molecular formula is C12H19N3O. The minimum atomic E-state index is 0.289. The molecule has 0 aromatic carbocycles. The third kappa shape index (κ3) is 2.44. The Balaban J connectivity index is 2.06. The molecule has 1 atom stereocenters. The van der Waals surface area contributed by atoms with Gasteiger partial charge >= 0.3 is 0 Å². The molecular weight excluding hydrogens is 202 g/mol. The largest absolute Gasteiger partial charge is 0.396 e. The molecule has 0 saturated carbocycles. The first-order chi connectivity index (χ1) is 7.83. The molecule has 88 valence electrons. The number of aliphatic hydroxyl groups excluding tert-OH is 1. The highest BCUT2D eigenvalue weighted by molar-refractivity contribution is 5.56. The van der Waals surface area contributed by atoms with Crippen molar-refractivity contribution < 1.29 is 5.11 Å². The Labute approximate surface area is 96.3 Å². The van der Waals surface area contributed by atoms with Crippen LogP contribution in [0.15, 0.2) is 18.5 Å². The quantitative estimate of drug-likeness (QED) is 0.805. The fraction of sp³-hybridized carbons (Fsp3) is 0.583. The van der Waals surface area contributed by atoms with Crippen LogP contribution in [-0.2, 0) is 0 Å². The summed E-state index contributed by atoms with van der Waals surface area (Å²) in [5, 5.41) is 12.4. The van der Waals surface area contributed by atoms with Crippen LogP contribution in [0.3, 0.4) is 0 Å². The Morgan fingerprint density at radius 3 is 3.12 bits per heavy atom. The van der Waals surface area contributed by atoms with E-state index in [1.54, 1.807) is 0 Å². The summed E-state index contributed by atoms with van der Waals surface area (Å²) >= 11 is 0. The molecule has 0 radical (unpaired) electrons. The van der Waals surface area contributed by atoms with E-state index in [0.717, 1.165) is 37.4 Å². The van der Waals surface area contributed by atoms with Crippen LogP contribution < -0.4 is 10.2 Å². The molecule has 1 unspecified atom stereocenters. The number of hydrogen-bond donors (Lipinski definition) is 2. The second-order valence-corrected chi connectivity index (χ2v) is 4.25. The van der Waals surface area contributed by atoms with Crippen molar-refractivity contribution in [1.29, 1.82) is 0 Å². The van der Waals surface area contributed by atoms with Crippen molar-refractivity contribution in [3.8, 4) is 0 Å². The summed E-state index contributed by atoms with van der Waals surface area (Å²) in [4.78, 5) is 6.52. The van der Waals surface area contributed by atoms with Gasteiger partial charge in [-0.2, -0.15) is 0 Å². The van der Waals surface area contributed by atoms with E-state index >= 15 is 0 Å². The predicted octanol–water partition coefficient (Wildman–Crippen LogP) is 1.33. The summed E-state index contributed by atoms with van der Waals surface area (Å²) < 4.78 is 0. The third-order valence-corrected chi connectivity index (χ3v) is 3.01.